The van der Waals surface area contributed by atoms with Crippen LogP contribution in [0.25, 0.3) is 0 Å². The lowest BCUT2D eigenvalue weighted by Crippen LogP contribution is -2.11. The lowest BCUT2D eigenvalue weighted by molar-refractivity contribution is -0.384. The van der Waals surface area contributed by atoms with Gasteiger partial charge in [-0.1, -0.05) is 23.2 Å². The van der Waals surface area contributed by atoms with E-state index in [4.69, 9.17) is 23.2 Å². The van der Waals surface area contributed by atoms with Crippen molar-refractivity contribution < 1.29 is 9.72 Å². The summed E-state index contributed by atoms with van der Waals surface area (Å²) in [6.07, 6.45) is 0. The number of nitro benzene ring substituents is 1. The Hall–Kier alpha value is -2.42. The second kappa shape index (κ2) is 7.67. The summed E-state index contributed by atoms with van der Waals surface area (Å²) in [5, 5.41) is 20.6. The first-order chi connectivity index (χ1) is 12.8. The van der Waals surface area contributed by atoms with Gasteiger partial charge < -0.3 is 5.32 Å². The van der Waals surface area contributed by atoms with Gasteiger partial charge in [0.05, 0.1) is 43.5 Å². The number of anilines is 1. The van der Waals surface area contributed by atoms with Gasteiger partial charge >= 0.3 is 0 Å². The largest absolute Gasteiger partial charge is 0.320 e. The van der Waals surface area contributed by atoms with E-state index in [0.717, 1.165) is 17.0 Å². The maximum atomic E-state index is 12.5. The molecular formula is C17H14Cl2N4O3S. The summed E-state index contributed by atoms with van der Waals surface area (Å²) < 4.78 is 1.78. The van der Waals surface area contributed by atoms with E-state index in [9.17, 15) is 14.9 Å². The third-order valence-corrected chi connectivity index (χ3v) is 5.77. The molecule has 3 rings (SSSR count). The van der Waals surface area contributed by atoms with Gasteiger partial charge in [-0.05, 0) is 36.9 Å². The van der Waals surface area contributed by atoms with Crippen LogP contribution in [0.1, 0.15) is 26.6 Å². The van der Waals surface area contributed by atoms with Crippen molar-refractivity contribution in [2.45, 2.75) is 20.4 Å². The van der Waals surface area contributed by atoms with Crippen LogP contribution in [-0.2, 0) is 6.54 Å². The highest BCUT2D eigenvalue weighted by molar-refractivity contribution is 7.12. The minimum absolute atomic E-state index is 0.150. The quantitative estimate of drug-likeness (QED) is 0.456. The number of rotatable bonds is 5. The van der Waals surface area contributed by atoms with Crippen LogP contribution in [0.5, 0.6) is 0 Å². The number of nitrogens with one attached hydrogen (secondary N) is 1. The SMILES string of the molecule is Cc1nn(Cc2csc(C(=O)Nc3cc([N+](=O)[O-])ccc3Cl)c2)c(C)c1Cl. The van der Waals surface area contributed by atoms with E-state index in [1.807, 2.05) is 19.2 Å². The van der Waals surface area contributed by atoms with Crippen LogP contribution in [0.3, 0.4) is 0 Å². The molecule has 140 valence electrons. The van der Waals surface area contributed by atoms with Crippen LogP contribution in [0.2, 0.25) is 10.0 Å². The van der Waals surface area contributed by atoms with Crippen molar-refractivity contribution >= 4 is 51.8 Å². The number of aryl methyl sites for hydroxylation is 1. The molecule has 0 atom stereocenters. The third kappa shape index (κ3) is 4.13. The van der Waals surface area contributed by atoms with Crippen LogP contribution in [0.15, 0.2) is 29.6 Å². The lowest BCUT2D eigenvalue weighted by Gasteiger charge is -2.06. The molecule has 0 fully saturated rings. The fourth-order valence-corrected chi connectivity index (χ4v) is 3.58. The first-order valence-electron chi connectivity index (χ1n) is 7.78. The second-order valence-electron chi connectivity index (χ2n) is 5.84. The van der Waals surface area contributed by atoms with E-state index in [1.54, 1.807) is 10.7 Å². The van der Waals surface area contributed by atoms with E-state index < -0.39 is 4.92 Å². The molecule has 1 N–H and O–H groups in total. The zero-order chi connectivity index (χ0) is 19.7. The molecule has 2 heterocycles. The minimum Gasteiger partial charge on any atom is -0.320 e. The molecule has 7 nitrogen and oxygen atoms in total. The number of amides is 1. The molecular weight excluding hydrogens is 411 g/mol. The van der Waals surface area contributed by atoms with Gasteiger partial charge in [0, 0.05) is 12.1 Å². The monoisotopic (exact) mass is 424 g/mol. The van der Waals surface area contributed by atoms with Crippen LogP contribution >= 0.6 is 34.5 Å². The Bertz CT molecular complexity index is 1040. The van der Waals surface area contributed by atoms with Crippen LogP contribution in [0.4, 0.5) is 11.4 Å². The topological polar surface area (TPSA) is 90.1 Å². The average molecular weight is 425 g/mol. The molecule has 0 radical (unpaired) electrons. The third-order valence-electron chi connectivity index (χ3n) is 3.91. The van der Waals surface area contributed by atoms with Gasteiger partial charge in [-0.15, -0.1) is 11.3 Å². The Kier molecular flexibility index (Phi) is 5.50. The molecule has 10 heteroatoms. The molecule has 27 heavy (non-hydrogen) atoms. The first-order valence-corrected chi connectivity index (χ1v) is 9.42. The number of hydrogen-bond donors (Lipinski definition) is 1. The number of benzene rings is 1. The lowest BCUT2D eigenvalue weighted by atomic mass is 10.2. The van der Waals surface area contributed by atoms with Gasteiger partial charge in [0.25, 0.3) is 11.6 Å². The predicted octanol–water partition coefficient (Wildman–Crippen LogP) is 5.08. The summed E-state index contributed by atoms with van der Waals surface area (Å²) in [5.74, 6) is -0.389. The van der Waals surface area contributed by atoms with Gasteiger partial charge in [0.15, 0.2) is 0 Å². The fraction of sp³-hybridized carbons (Fsp3) is 0.176. The van der Waals surface area contributed by atoms with Crippen molar-refractivity contribution in [3.8, 4) is 0 Å². The molecule has 0 aliphatic heterocycles. The van der Waals surface area contributed by atoms with E-state index in [1.165, 1.54) is 29.5 Å². The van der Waals surface area contributed by atoms with Crippen LogP contribution in [0, 0.1) is 24.0 Å². The second-order valence-corrected chi connectivity index (χ2v) is 7.53. The molecule has 0 spiro atoms. The van der Waals surface area contributed by atoms with Gasteiger partial charge in [-0.2, -0.15) is 5.10 Å². The van der Waals surface area contributed by atoms with Crippen molar-refractivity contribution in [3.05, 3.63) is 71.6 Å². The zero-order valence-corrected chi connectivity index (χ0v) is 16.7. The molecule has 0 saturated heterocycles. The van der Waals surface area contributed by atoms with Gasteiger partial charge in [-0.3, -0.25) is 19.6 Å². The normalized spacial score (nSPS) is 10.8. The van der Waals surface area contributed by atoms with Crippen molar-refractivity contribution in [2.24, 2.45) is 0 Å². The van der Waals surface area contributed by atoms with Crippen LogP contribution < -0.4 is 5.32 Å². The summed E-state index contributed by atoms with van der Waals surface area (Å²) >= 11 is 13.4. The minimum atomic E-state index is -0.547. The maximum Gasteiger partial charge on any atom is 0.271 e. The number of non-ortho nitro benzene ring substituents is 1. The Morgan fingerprint density at radius 2 is 2.07 bits per heavy atom. The number of aromatic nitrogens is 2. The summed E-state index contributed by atoms with van der Waals surface area (Å²) in [6.45, 7) is 4.20. The highest BCUT2D eigenvalue weighted by Crippen LogP contribution is 2.28. The molecule has 1 aromatic carbocycles. The zero-order valence-electron chi connectivity index (χ0n) is 14.3. The van der Waals surface area contributed by atoms with E-state index in [0.29, 0.717) is 16.4 Å². The molecule has 1 amide bonds. The summed E-state index contributed by atoms with van der Waals surface area (Å²) in [7, 11) is 0. The highest BCUT2D eigenvalue weighted by atomic mass is 35.5. The molecule has 0 unspecified atom stereocenters. The van der Waals surface area contributed by atoms with E-state index in [2.05, 4.69) is 10.4 Å². The predicted molar refractivity (Wildman–Crippen MR) is 106 cm³/mol. The number of thiophene rings is 1. The number of carbonyl (C=O) groups is 1. The molecule has 0 aliphatic carbocycles. The van der Waals surface area contributed by atoms with Crippen LogP contribution in [-0.4, -0.2) is 20.6 Å². The number of hydrogen-bond acceptors (Lipinski definition) is 5. The smallest absolute Gasteiger partial charge is 0.271 e. The van der Waals surface area contributed by atoms with Crippen molar-refractivity contribution in [3.63, 3.8) is 0 Å². The number of carbonyl (C=O) groups excluding carboxylic acids is 1. The summed E-state index contributed by atoms with van der Waals surface area (Å²) in [4.78, 5) is 23.3. The number of nitro groups is 1. The molecule has 0 bridgehead atoms. The van der Waals surface area contributed by atoms with Crippen molar-refractivity contribution in [1.82, 2.24) is 9.78 Å². The first kappa shape index (κ1) is 19.3. The summed E-state index contributed by atoms with van der Waals surface area (Å²) in [6, 6.07) is 5.63. The Morgan fingerprint density at radius 1 is 1.33 bits per heavy atom. The molecule has 2 aromatic heterocycles. The van der Waals surface area contributed by atoms with Gasteiger partial charge in [0.1, 0.15) is 0 Å². The molecule has 0 aliphatic rings. The van der Waals surface area contributed by atoms with Crippen molar-refractivity contribution in [2.75, 3.05) is 5.32 Å². The maximum absolute atomic E-state index is 12.5. The number of nitrogens with zero attached hydrogens (tertiary/aromatic N) is 3. The summed E-state index contributed by atoms with van der Waals surface area (Å²) in [5.41, 5.74) is 2.55. The van der Waals surface area contributed by atoms with Gasteiger partial charge in [-0.25, -0.2) is 0 Å². The highest BCUT2D eigenvalue weighted by Gasteiger charge is 2.16. The van der Waals surface area contributed by atoms with Gasteiger partial charge in [0.2, 0.25) is 0 Å². The van der Waals surface area contributed by atoms with E-state index >= 15 is 0 Å². The molecule has 0 saturated carbocycles. The average Bonchev–Trinajstić information content (AvgIpc) is 3.18. The standard InChI is InChI=1S/C17H14Cl2N4O3S/c1-9-16(19)10(2)22(21-9)7-11-5-15(27-8-11)17(24)20-14-6-12(23(25)26)3-4-13(14)18/h3-6,8H,7H2,1-2H3,(H,20,24). The Morgan fingerprint density at radius 3 is 2.70 bits per heavy atom. The Labute approximate surface area is 168 Å². The Balaban J connectivity index is 1.76. The molecule has 3 aromatic rings. The van der Waals surface area contributed by atoms with E-state index in [-0.39, 0.29) is 22.3 Å². The number of halogens is 2. The fourth-order valence-electron chi connectivity index (χ4n) is 2.49. The van der Waals surface area contributed by atoms with Crippen molar-refractivity contribution in [1.29, 1.82) is 0 Å².